The molecule has 0 aromatic heterocycles. The summed E-state index contributed by atoms with van der Waals surface area (Å²) in [6, 6.07) is 0. The Morgan fingerprint density at radius 1 is 1.75 bits per heavy atom. The van der Waals surface area contributed by atoms with Gasteiger partial charge >= 0.3 is 0 Å². The van der Waals surface area contributed by atoms with Crippen LogP contribution in [-0.4, -0.2) is 0 Å². The van der Waals surface area contributed by atoms with Crippen LogP contribution in [0.2, 0.25) is 0 Å². The summed E-state index contributed by atoms with van der Waals surface area (Å²) in [6.45, 7) is 1.69. The molecule has 0 atom stereocenters. The predicted octanol–water partition coefficient (Wildman–Crippen LogP) is 0.721. The summed E-state index contributed by atoms with van der Waals surface area (Å²) in [5, 5.41) is 0. The van der Waals surface area contributed by atoms with Gasteiger partial charge in [0.05, 0.1) is 6.42 Å². The van der Waals surface area contributed by atoms with E-state index >= 15 is 0 Å². The second-order valence-corrected chi connectivity index (χ2v) is 0.394. The first-order chi connectivity index (χ1) is 1.91. The molecule has 0 aliphatic carbocycles. The fourth-order valence-electron chi connectivity index (χ4n) is 0. The van der Waals surface area contributed by atoms with E-state index in [2.05, 4.69) is 18.8 Å². The molecule has 0 bridgehead atoms. The Hall–Kier alpha value is -0.440. The molecule has 0 aromatic rings. The van der Waals surface area contributed by atoms with Gasteiger partial charge in [0.25, 0.3) is 0 Å². The molecule has 0 unspecified atom stereocenters. The van der Waals surface area contributed by atoms with Gasteiger partial charge in [-0.05, 0) is 6.92 Å². The minimum Gasteiger partial charge on any atom is -0.119 e. The van der Waals surface area contributed by atoms with Crippen molar-refractivity contribution in [1.82, 2.24) is 0 Å². The topological polar surface area (TPSA) is 0 Å². The van der Waals surface area contributed by atoms with Crippen molar-refractivity contribution in [2.75, 3.05) is 0 Å². The lowest BCUT2D eigenvalue weighted by Gasteiger charge is -1.49. The molecule has 0 heterocycles. The minimum absolute atomic E-state index is 1.69. The molecular weight excluding hydrogens is 48.0 g/mol. The second kappa shape index (κ2) is 2.56. The maximum atomic E-state index is 4.67. The quantitative estimate of drug-likeness (QED) is 0.356. The molecule has 0 saturated carbocycles. The van der Waals surface area contributed by atoms with Crippen molar-refractivity contribution in [2.45, 2.75) is 6.92 Å². The standard InChI is InChI=1S/C4H4/c1-3-4-2/h1H,2H3. The number of hydrogen-bond donors (Lipinski definition) is 0. The molecule has 0 aliphatic heterocycles. The molecule has 0 heteroatoms. The molecule has 0 aromatic carbocycles. The van der Waals surface area contributed by atoms with E-state index in [1.807, 2.05) is 0 Å². The molecule has 0 spiro atoms. The Labute approximate surface area is 26.8 Å². The predicted molar refractivity (Wildman–Crippen MR) is 17.8 cm³/mol. The average Bonchev–Trinajstić information content (AvgIpc) is 1.37. The highest BCUT2D eigenvalue weighted by Crippen LogP contribution is 1.55. The third kappa shape index (κ3) is 1.56. The third-order valence-electron chi connectivity index (χ3n) is 0.144. The van der Waals surface area contributed by atoms with Crippen LogP contribution in [0.4, 0.5) is 0 Å². The smallest absolute Gasteiger partial charge is 0.0639 e. The second-order valence-electron chi connectivity index (χ2n) is 0.394. The van der Waals surface area contributed by atoms with Gasteiger partial charge in [-0.15, -0.1) is 6.42 Å². The van der Waals surface area contributed by atoms with Crippen molar-refractivity contribution in [3.05, 3.63) is 6.42 Å². The molecule has 2 radical (unpaired) electrons. The Kier molecular flexibility index (Phi) is 2.28. The zero-order chi connectivity index (χ0) is 3.41. The van der Waals surface area contributed by atoms with E-state index in [0.717, 1.165) is 0 Å². The summed E-state index contributed by atoms with van der Waals surface area (Å²) in [6.07, 6.45) is 7.12. The minimum atomic E-state index is 1.69. The van der Waals surface area contributed by atoms with Crippen molar-refractivity contribution in [3.63, 3.8) is 0 Å². The van der Waals surface area contributed by atoms with Crippen LogP contribution in [0, 0.1) is 18.8 Å². The first-order valence-corrected chi connectivity index (χ1v) is 1.04. The zero-order valence-corrected chi connectivity index (χ0v) is 2.58. The normalized spacial score (nSPS) is 5.00. The van der Waals surface area contributed by atoms with Gasteiger partial charge in [-0.25, -0.2) is 0 Å². The lowest BCUT2D eigenvalue weighted by Crippen LogP contribution is -1.41. The number of rotatable bonds is 0. The van der Waals surface area contributed by atoms with Crippen molar-refractivity contribution in [2.24, 2.45) is 0 Å². The molecule has 4 heavy (non-hydrogen) atoms. The Morgan fingerprint density at radius 3 is 2.00 bits per heavy atom. The van der Waals surface area contributed by atoms with Gasteiger partial charge < -0.3 is 0 Å². The van der Waals surface area contributed by atoms with Gasteiger partial charge in [0.1, 0.15) is 0 Å². The van der Waals surface area contributed by atoms with Crippen LogP contribution in [0.5, 0.6) is 0 Å². The molecule has 0 amide bonds. The third-order valence-corrected chi connectivity index (χ3v) is 0.144. The summed E-state index contributed by atoms with van der Waals surface area (Å²) in [4.78, 5) is 0. The Balaban J connectivity index is 2.43. The summed E-state index contributed by atoms with van der Waals surface area (Å²) < 4.78 is 0. The molecule has 0 saturated heterocycles. The SMILES string of the molecule is C#C[C]C. The van der Waals surface area contributed by atoms with Gasteiger partial charge in [-0.3, -0.25) is 0 Å². The first-order valence-electron chi connectivity index (χ1n) is 1.04. The van der Waals surface area contributed by atoms with Crippen LogP contribution in [0.1, 0.15) is 6.92 Å². The van der Waals surface area contributed by atoms with Crippen LogP contribution in [0.15, 0.2) is 0 Å². The van der Waals surface area contributed by atoms with E-state index in [1.54, 1.807) is 6.92 Å². The summed E-state index contributed by atoms with van der Waals surface area (Å²) in [5.41, 5.74) is 0. The molecule has 0 nitrogen and oxygen atoms in total. The van der Waals surface area contributed by atoms with Gasteiger partial charge in [-0.2, -0.15) is 0 Å². The van der Waals surface area contributed by atoms with Crippen LogP contribution < -0.4 is 0 Å². The average molecular weight is 52.1 g/mol. The summed E-state index contributed by atoms with van der Waals surface area (Å²) in [7, 11) is 0. The van der Waals surface area contributed by atoms with E-state index in [9.17, 15) is 0 Å². The van der Waals surface area contributed by atoms with Gasteiger partial charge in [0, 0.05) is 0 Å². The highest BCUT2D eigenvalue weighted by Gasteiger charge is 1.47. The van der Waals surface area contributed by atoms with Crippen LogP contribution in [0.3, 0.4) is 0 Å². The highest BCUT2D eigenvalue weighted by molar-refractivity contribution is 4.96. The summed E-state index contributed by atoms with van der Waals surface area (Å²) in [5.74, 6) is 2.18. The zero-order valence-electron chi connectivity index (χ0n) is 2.58. The van der Waals surface area contributed by atoms with E-state index < -0.39 is 0 Å². The van der Waals surface area contributed by atoms with E-state index in [1.165, 1.54) is 0 Å². The molecule has 20 valence electrons. The highest BCUT2D eigenvalue weighted by atomic mass is 13.5. The fraction of sp³-hybridized carbons (Fsp3) is 0.250. The van der Waals surface area contributed by atoms with E-state index in [4.69, 9.17) is 0 Å². The Bertz CT molecular complexity index is 29.8. The van der Waals surface area contributed by atoms with Gasteiger partial charge in [0.2, 0.25) is 0 Å². The monoisotopic (exact) mass is 52.0 g/mol. The van der Waals surface area contributed by atoms with Crippen LogP contribution in [0.25, 0.3) is 0 Å². The molecule has 0 fully saturated rings. The number of terminal acetylenes is 1. The van der Waals surface area contributed by atoms with E-state index in [0.29, 0.717) is 0 Å². The van der Waals surface area contributed by atoms with Crippen molar-refractivity contribution >= 4 is 0 Å². The lowest BCUT2D eigenvalue weighted by atomic mass is 10.5. The lowest BCUT2D eigenvalue weighted by molar-refractivity contribution is 1.63. The van der Waals surface area contributed by atoms with Crippen molar-refractivity contribution < 1.29 is 0 Å². The molecular formula is C4H4. The first kappa shape index (κ1) is 3.56. The number of hydrogen-bond acceptors (Lipinski definition) is 0. The van der Waals surface area contributed by atoms with Crippen molar-refractivity contribution in [1.29, 1.82) is 0 Å². The maximum absolute atomic E-state index is 4.67. The molecule has 0 aliphatic rings. The largest absolute Gasteiger partial charge is 0.119 e. The van der Waals surface area contributed by atoms with Crippen molar-refractivity contribution in [3.8, 4) is 12.3 Å². The molecule has 0 N–H and O–H groups in total. The van der Waals surface area contributed by atoms with E-state index in [-0.39, 0.29) is 0 Å². The van der Waals surface area contributed by atoms with Crippen LogP contribution in [-0.2, 0) is 0 Å². The fourth-order valence-corrected chi connectivity index (χ4v) is 0. The Morgan fingerprint density at radius 2 is 2.00 bits per heavy atom. The van der Waals surface area contributed by atoms with Gasteiger partial charge in [0.15, 0.2) is 0 Å². The molecule has 0 rings (SSSR count). The van der Waals surface area contributed by atoms with Crippen LogP contribution >= 0.6 is 0 Å². The maximum Gasteiger partial charge on any atom is 0.0639 e. The summed E-state index contributed by atoms with van der Waals surface area (Å²) >= 11 is 0. The van der Waals surface area contributed by atoms with Gasteiger partial charge in [-0.1, -0.05) is 5.92 Å².